The molecule has 1 aliphatic heterocycles. The van der Waals surface area contributed by atoms with Gasteiger partial charge in [0.1, 0.15) is 12.2 Å². The van der Waals surface area contributed by atoms with E-state index >= 15 is 0 Å². The Hall–Kier alpha value is -3.95. The average molecular weight is 452 g/mol. The number of imidazole rings is 1. The molecule has 4 heterocycles. The molecule has 168 valence electrons. The van der Waals surface area contributed by atoms with Gasteiger partial charge in [0.15, 0.2) is 34.8 Å². The molecule has 0 amide bonds. The van der Waals surface area contributed by atoms with Gasteiger partial charge in [-0.1, -0.05) is 0 Å². The second-order valence-electron chi connectivity index (χ2n) is 7.74. The van der Waals surface area contributed by atoms with Gasteiger partial charge in [0.05, 0.1) is 12.8 Å². The van der Waals surface area contributed by atoms with Gasteiger partial charge >= 0.3 is 0 Å². The molecule has 1 aliphatic rings. The maximum absolute atomic E-state index is 13.7. The van der Waals surface area contributed by atoms with Gasteiger partial charge in [-0.3, -0.25) is 4.57 Å². The van der Waals surface area contributed by atoms with Crippen LogP contribution >= 0.6 is 0 Å². The zero-order chi connectivity index (χ0) is 23.1. The van der Waals surface area contributed by atoms with Crippen molar-refractivity contribution < 1.29 is 17.9 Å². The Kier molecular flexibility index (Phi) is 5.20. The zero-order valence-corrected chi connectivity index (χ0v) is 17.8. The number of fused-ring (bicyclic) bond motifs is 1. The molecule has 0 radical (unpaired) electrons. The third kappa shape index (κ3) is 3.88. The van der Waals surface area contributed by atoms with E-state index in [1.54, 1.807) is 41.0 Å². The number of halogens is 3. The topological polar surface area (TPSA) is 70.7 Å². The van der Waals surface area contributed by atoms with Crippen LogP contribution in [0.25, 0.3) is 18.0 Å². The minimum absolute atomic E-state index is 0.340. The van der Waals surface area contributed by atoms with E-state index < -0.39 is 17.5 Å². The number of hydrogen-bond acceptors (Lipinski definition) is 5. The smallest absolute Gasteiger partial charge is 0.194 e. The van der Waals surface area contributed by atoms with Crippen LogP contribution in [-0.2, 0) is 6.54 Å². The van der Waals surface area contributed by atoms with Crippen molar-refractivity contribution in [3.05, 3.63) is 82.8 Å². The summed E-state index contributed by atoms with van der Waals surface area (Å²) in [5, 5.41) is 4.45. The van der Waals surface area contributed by atoms with Crippen LogP contribution in [0.15, 0.2) is 36.9 Å². The fourth-order valence-electron chi connectivity index (χ4n) is 3.93. The number of aryl methyl sites for hydroxylation is 2. The van der Waals surface area contributed by atoms with E-state index in [1.807, 2.05) is 19.2 Å². The van der Waals surface area contributed by atoms with Crippen molar-refractivity contribution in [3.8, 4) is 11.6 Å². The lowest BCUT2D eigenvalue weighted by atomic mass is 9.97. The highest BCUT2D eigenvalue weighted by Crippen LogP contribution is 2.34. The van der Waals surface area contributed by atoms with Crippen LogP contribution in [0, 0.1) is 24.4 Å². The number of benzene rings is 1. The van der Waals surface area contributed by atoms with Crippen molar-refractivity contribution in [3.63, 3.8) is 0 Å². The molecule has 7 nitrogen and oxygen atoms in total. The lowest BCUT2D eigenvalue weighted by Crippen LogP contribution is -2.02. The number of nitrogens with zero attached hydrogens (tertiary/aromatic N) is 6. The zero-order valence-electron chi connectivity index (χ0n) is 17.8. The van der Waals surface area contributed by atoms with E-state index in [0.29, 0.717) is 41.7 Å². The summed E-state index contributed by atoms with van der Waals surface area (Å²) in [7, 11) is 1.57. The van der Waals surface area contributed by atoms with Gasteiger partial charge in [-0.25, -0.2) is 32.8 Å². The minimum Gasteiger partial charge on any atom is -0.493 e. The van der Waals surface area contributed by atoms with Crippen molar-refractivity contribution in [1.29, 1.82) is 0 Å². The predicted molar refractivity (Wildman–Crippen MR) is 114 cm³/mol. The van der Waals surface area contributed by atoms with Gasteiger partial charge in [0, 0.05) is 24.9 Å². The standard InChI is InChI=1S/C23H19F3N6O/c1-13-11-31(12-28-13)23-19(33-2)7-14(10-27-23)3-4-20-29-22-16(5-6-32(22)30-20)15-8-17(24)21(26)18(25)9-15/h3-4,7-12,16H,5-6H2,1-2H3/b4-3+/t16-/m0/s1. The number of ether oxygens (including phenoxy) is 1. The van der Waals surface area contributed by atoms with Gasteiger partial charge < -0.3 is 4.74 Å². The number of pyridine rings is 1. The lowest BCUT2D eigenvalue weighted by Gasteiger charge is -2.09. The summed E-state index contributed by atoms with van der Waals surface area (Å²) in [6.45, 7) is 2.44. The van der Waals surface area contributed by atoms with Crippen molar-refractivity contribution in [2.45, 2.75) is 25.8 Å². The molecule has 1 aromatic carbocycles. The molecule has 5 rings (SSSR count). The number of hydrogen-bond donors (Lipinski definition) is 0. The Morgan fingerprint density at radius 2 is 1.88 bits per heavy atom. The minimum atomic E-state index is -1.47. The molecule has 33 heavy (non-hydrogen) atoms. The van der Waals surface area contributed by atoms with Crippen LogP contribution in [-0.4, -0.2) is 36.4 Å². The first-order valence-electron chi connectivity index (χ1n) is 10.2. The number of methoxy groups -OCH3 is 1. The fraction of sp³-hybridized carbons (Fsp3) is 0.217. The van der Waals surface area contributed by atoms with Crippen molar-refractivity contribution in [2.24, 2.45) is 0 Å². The molecule has 1 atom stereocenters. The maximum atomic E-state index is 13.7. The second-order valence-corrected chi connectivity index (χ2v) is 7.74. The van der Waals surface area contributed by atoms with Crippen LogP contribution in [0.1, 0.15) is 40.8 Å². The quantitative estimate of drug-likeness (QED) is 0.423. The first kappa shape index (κ1) is 20.9. The molecule has 0 fully saturated rings. The lowest BCUT2D eigenvalue weighted by molar-refractivity contribution is 0.410. The van der Waals surface area contributed by atoms with E-state index in [1.165, 1.54) is 0 Å². The van der Waals surface area contributed by atoms with Crippen molar-refractivity contribution in [1.82, 2.24) is 29.3 Å². The molecule has 0 N–H and O–H groups in total. The van der Waals surface area contributed by atoms with E-state index in [0.717, 1.165) is 23.4 Å². The molecular formula is C23H19F3N6O. The van der Waals surface area contributed by atoms with Gasteiger partial charge in [0.25, 0.3) is 0 Å². The van der Waals surface area contributed by atoms with E-state index in [2.05, 4.69) is 20.1 Å². The average Bonchev–Trinajstić information content (AvgIpc) is 3.51. The Morgan fingerprint density at radius 1 is 1.09 bits per heavy atom. The molecule has 4 aromatic rings. The first-order chi connectivity index (χ1) is 15.9. The molecule has 0 saturated heterocycles. The summed E-state index contributed by atoms with van der Waals surface area (Å²) in [4.78, 5) is 13.2. The molecule has 0 bridgehead atoms. The van der Waals surface area contributed by atoms with Crippen LogP contribution in [0.4, 0.5) is 13.2 Å². The summed E-state index contributed by atoms with van der Waals surface area (Å²) in [6.07, 6.45) is 9.33. The molecule has 0 unspecified atom stereocenters. The predicted octanol–water partition coefficient (Wildman–Crippen LogP) is 4.30. The molecule has 10 heteroatoms. The van der Waals surface area contributed by atoms with Gasteiger partial charge in [-0.05, 0) is 54.8 Å². The number of rotatable bonds is 5. The first-order valence-corrected chi connectivity index (χ1v) is 10.2. The molecule has 0 saturated carbocycles. The van der Waals surface area contributed by atoms with Gasteiger partial charge in [-0.15, -0.1) is 0 Å². The normalized spacial score (nSPS) is 15.4. The van der Waals surface area contributed by atoms with Crippen molar-refractivity contribution in [2.75, 3.05) is 7.11 Å². The van der Waals surface area contributed by atoms with Crippen LogP contribution in [0.5, 0.6) is 5.75 Å². The summed E-state index contributed by atoms with van der Waals surface area (Å²) in [5.41, 5.74) is 1.99. The van der Waals surface area contributed by atoms with E-state index in [9.17, 15) is 13.2 Å². The Labute approximate surface area is 187 Å². The summed E-state index contributed by atoms with van der Waals surface area (Å²) >= 11 is 0. The third-order valence-corrected chi connectivity index (χ3v) is 5.52. The Balaban J connectivity index is 1.39. The summed E-state index contributed by atoms with van der Waals surface area (Å²) in [6, 6.07) is 3.87. The maximum Gasteiger partial charge on any atom is 0.194 e. The van der Waals surface area contributed by atoms with Crippen LogP contribution in [0.2, 0.25) is 0 Å². The number of aromatic nitrogens is 6. The third-order valence-electron chi connectivity index (χ3n) is 5.52. The highest BCUT2D eigenvalue weighted by atomic mass is 19.2. The van der Waals surface area contributed by atoms with E-state index in [4.69, 9.17) is 4.74 Å². The van der Waals surface area contributed by atoms with Gasteiger partial charge in [0.2, 0.25) is 0 Å². The van der Waals surface area contributed by atoms with Crippen LogP contribution in [0.3, 0.4) is 0 Å². The highest BCUT2D eigenvalue weighted by Gasteiger charge is 2.29. The Morgan fingerprint density at radius 3 is 2.58 bits per heavy atom. The summed E-state index contributed by atoms with van der Waals surface area (Å²) < 4.78 is 49.7. The second kappa shape index (κ2) is 8.19. The molecular weight excluding hydrogens is 433 g/mol. The Bertz CT molecular complexity index is 1350. The van der Waals surface area contributed by atoms with E-state index in [-0.39, 0.29) is 5.92 Å². The SMILES string of the molecule is COc1cc(/C=C/c2nc3n(n2)CC[C@H]3c2cc(F)c(F)c(F)c2)cnc1-n1cnc(C)c1. The van der Waals surface area contributed by atoms with Crippen molar-refractivity contribution >= 4 is 12.2 Å². The largest absolute Gasteiger partial charge is 0.493 e. The van der Waals surface area contributed by atoms with Gasteiger partial charge in [-0.2, -0.15) is 5.10 Å². The molecule has 3 aromatic heterocycles. The molecule has 0 aliphatic carbocycles. The fourth-order valence-corrected chi connectivity index (χ4v) is 3.93. The summed E-state index contributed by atoms with van der Waals surface area (Å²) in [5.74, 6) is -2.01. The monoisotopic (exact) mass is 452 g/mol. The van der Waals surface area contributed by atoms with Crippen LogP contribution < -0.4 is 4.74 Å². The highest BCUT2D eigenvalue weighted by molar-refractivity contribution is 5.67. The molecule has 0 spiro atoms.